The summed E-state index contributed by atoms with van der Waals surface area (Å²) in [5.74, 6) is 2.41. The Hall–Kier alpha value is -4.69. The van der Waals surface area contributed by atoms with E-state index in [2.05, 4.69) is 19.9 Å². The lowest BCUT2D eigenvalue weighted by Gasteiger charge is -2.34. The number of rotatable bonds is 16. The zero-order valence-corrected chi connectivity index (χ0v) is 29.7. The number of para-hydroxylation sites is 2. The van der Waals surface area contributed by atoms with Gasteiger partial charge in [-0.25, -0.2) is 4.98 Å². The number of ether oxygens (including phenoxy) is 5. The number of benzene rings is 3. The van der Waals surface area contributed by atoms with E-state index in [9.17, 15) is 18.0 Å². The second-order valence-electron chi connectivity index (χ2n) is 12.5. The van der Waals surface area contributed by atoms with Gasteiger partial charge in [-0.1, -0.05) is 24.3 Å². The molecule has 1 N–H and O–H groups in total. The molecule has 1 aliphatic rings. The largest absolute Gasteiger partial charge is 0.522 e. The van der Waals surface area contributed by atoms with Gasteiger partial charge in [-0.15, -0.1) is 13.2 Å². The first-order valence-corrected chi connectivity index (χ1v) is 16.9. The summed E-state index contributed by atoms with van der Waals surface area (Å²) >= 11 is 0. The van der Waals surface area contributed by atoms with E-state index in [1.54, 1.807) is 35.8 Å². The van der Waals surface area contributed by atoms with Crippen LogP contribution in [0.15, 0.2) is 60.7 Å². The average molecular weight is 714 g/mol. The van der Waals surface area contributed by atoms with E-state index in [1.165, 1.54) is 21.3 Å². The van der Waals surface area contributed by atoms with Crippen LogP contribution in [0, 0.1) is 0 Å². The molecule has 0 radical (unpaired) electrons. The molecule has 1 aromatic heterocycles. The van der Waals surface area contributed by atoms with Crippen LogP contribution in [-0.4, -0.2) is 106 Å². The summed E-state index contributed by atoms with van der Waals surface area (Å²) in [6.07, 6.45) is -2.19. The van der Waals surface area contributed by atoms with E-state index in [0.717, 1.165) is 55.7 Å². The van der Waals surface area contributed by atoms with Gasteiger partial charge in [0.2, 0.25) is 11.7 Å². The first kappa shape index (κ1) is 37.6. The molecular weight excluding hydrogens is 667 g/mol. The molecular formula is C37H46F3N5O6. The van der Waals surface area contributed by atoms with Gasteiger partial charge < -0.3 is 38.6 Å². The van der Waals surface area contributed by atoms with E-state index in [-0.39, 0.29) is 24.4 Å². The number of nitrogens with one attached hydrogen (secondary N) is 1. The fraction of sp³-hybridized carbons (Fsp3) is 0.459. The number of hydrogen-bond donors (Lipinski definition) is 1. The van der Waals surface area contributed by atoms with Gasteiger partial charge in [-0.05, 0) is 67.8 Å². The molecule has 1 atom stereocenters. The molecule has 1 unspecified atom stereocenters. The van der Waals surface area contributed by atoms with Crippen LogP contribution in [0.2, 0.25) is 0 Å². The minimum atomic E-state index is -4.69. The molecule has 11 nitrogen and oxygen atoms in total. The highest BCUT2D eigenvalue weighted by molar-refractivity contribution is 5.95. The van der Waals surface area contributed by atoms with Crippen LogP contribution in [0.1, 0.15) is 41.1 Å². The number of hydrogen-bond acceptors (Lipinski definition) is 9. The Labute approximate surface area is 296 Å². The minimum Gasteiger partial charge on any atom is -0.497 e. The van der Waals surface area contributed by atoms with E-state index in [0.29, 0.717) is 40.8 Å². The van der Waals surface area contributed by atoms with Crippen molar-refractivity contribution in [2.45, 2.75) is 44.1 Å². The summed E-state index contributed by atoms with van der Waals surface area (Å²) in [5.41, 5.74) is 2.99. The Bertz CT molecular complexity index is 1720. The van der Waals surface area contributed by atoms with Crippen molar-refractivity contribution in [3.63, 3.8) is 0 Å². The molecule has 0 aliphatic carbocycles. The molecule has 1 fully saturated rings. The highest BCUT2D eigenvalue weighted by Crippen LogP contribution is 2.38. The fourth-order valence-corrected chi connectivity index (χ4v) is 6.56. The predicted octanol–water partition coefficient (Wildman–Crippen LogP) is 6.43. The zero-order valence-electron chi connectivity index (χ0n) is 29.7. The molecule has 5 rings (SSSR count). The number of likely N-dealkylation sites (N-methyl/N-ethyl adjacent to an activating group) is 1. The number of imidazole rings is 1. The number of methoxy groups -OCH3 is 4. The number of carbonyl (C=O) groups excluding carboxylic acids is 1. The van der Waals surface area contributed by atoms with Crippen molar-refractivity contribution in [3.8, 4) is 23.0 Å². The van der Waals surface area contributed by atoms with Gasteiger partial charge in [0.05, 0.1) is 46.1 Å². The maximum atomic E-state index is 13.7. The average Bonchev–Trinajstić information content (AvgIpc) is 3.48. The third kappa shape index (κ3) is 9.56. The quantitative estimate of drug-likeness (QED) is 0.141. The van der Waals surface area contributed by atoms with Crippen molar-refractivity contribution in [1.29, 1.82) is 0 Å². The van der Waals surface area contributed by atoms with Crippen LogP contribution < -0.4 is 24.3 Å². The topological polar surface area (TPSA) is 99.6 Å². The summed E-state index contributed by atoms with van der Waals surface area (Å²) in [4.78, 5) is 22.5. The monoisotopic (exact) mass is 713 g/mol. The third-order valence-corrected chi connectivity index (χ3v) is 9.29. The number of alkyl halides is 3. The summed E-state index contributed by atoms with van der Waals surface area (Å²) < 4.78 is 65.6. The SMILES string of the molecule is COc1ccc(C(CCN2CCC(Nc3nc4ccccc4n3CCOC(F)(F)F)CC2)CN(C)C(=O)c2cc(OC)c(OC)c(OC)c2)cc1. The molecule has 14 heteroatoms. The normalized spacial score (nSPS) is 14.7. The van der Waals surface area contributed by atoms with Gasteiger partial charge in [-0.2, -0.15) is 0 Å². The number of halogens is 3. The zero-order chi connectivity index (χ0) is 36.5. The Balaban J connectivity index is 1.22. The second kappa shape index (κ2) is 17.0. The van der Waals surface area contributed by atoms with Crippen LogP contribution in [0.4, 0.5) is 19.1 Å². The van der Waals surface area contributed by atoms with Crippen LogP contribution in [0.25, 0.3) is 11.0 Å². The number of amides is 1. The fourth-order valence-electron chi connectivity index (χ4n) is 6.56. The number of fused-ring (bicyclic) bond motifs is 1. The lowest BCUT2D eigenvalue weighted by Crippen LogP contribution is -2.40. The van der Waals surface area contributed by atoms with Crippen molar-refractivity contribution >= 4 is 22.9 Å². The number of nitrogens with zero attached hydrogens (tertiary/aromatic N) is 4. The van der Waals surface area contributed by atoms with E-state index < -0.39 is 13.0 Å². The molecule has 1 saturated heterocycles. The summed E-state index contributed by atoms with van der Waals surface area (Å²) in [5, 5.41) is 3.49. The van der Waals surface area contributed by atoms with Gasteiger partial charge in [0, 0.05) is 50.7 Å². The van der Waals surface area contributed by atoms with Gasteiger partial charge in [0.1, 0.15) is 5.75 Å². The Morgan fingerprint density at radius 3 is 2.22 bits per heavy atom. The molecule has 3 aromatic carbocycles. The summed E-state index contributed by atoms with van der Waals surface area (Å²) in [7, 11) is 7.98. The summed E-state index contributed by atoms with van der Waals surface area (Å²) in [6, 6.07) is 18.8. The van der Waals surface area contributed by atoms with Crippen LogP contribution in [0.3, 0.4) is 0 Å². The Morgan fingerprint density at radius 1 is 0.941 bits per heavy atom. The molecule has 0 saturated carbocycles. The second-order valence-corrected chi connectivity index (χ2v) is 12.5. The molecule has 0 spiro atoms. The van der Waals surface area contributed by atoms with Gasteiger partial charge in [0.15, 0.2) is 11.5 Å². The number of carbonyl (C=O) groups is 1. The highest BCUT2D eigenvalue weighted by atomic mass is 19.4. The maximum absolute atomic E-state index is 13.7. The highest BCUT2D eigenvalue weighted by Gasteiger charge is 2.29. The van der Waals surface area contributed by atoms with Crippen LogP contribution >= 0.6 is 0 Å². The van der Waals surface area contributed by atoms with Crippen molar-refractivity contribution in [2.24, 2.45) is 0 Å². The molecule has 2 heterocycles. The Kier molecular flexibility index (Phi) is 12.5. The molecule has 276 valence electrons. The smallest absolute Gasteiger partial charge is 0.497 e. The number of aromatic nitrogens is 2. The molecule has 51 heavy (non-hydrogen) atoms. The lowest BCUT2D eigenvalue weighted by molar-refractivity contribution is -0.325. The first-order chi connectivity index (χ1) is 24.5. The van der Waals surface area contributed by atoms with E-state index in [1.807, 2.05) is 48.5 Å². The minimum absolute atomic E-state index is 0.0183. The van der Waals surface area contributed by atoms with E-state index in [4.69, 9.17) is 18.9 Å². The van der Waals surface area contributed by atoms with Crippen molar-refractivity contribution in [1.82, 2.24) is 19.4 Å². The van der Waals surface area contributed by atoms with E-state index >= 15 is 0 Å². The molecule has 4 aromatic rings. The summed E-state index contributed by atoms with van der Waals surface area (Å²) in [6.45, 7) is 2.49. The predicted molar refractivity (Wildman–Crippen MR) is 188 cm³/mol. The Morgan fingerprint density at radius 2 is 1.61 bits per heavy atom. The van der Waals surface area contributed by atoms with Crippen LogP contribution in [-0.2, 0) is 11.3 Å². The van der Waals surface area contributed by atoms with Gasteiger partial charge in [-0.3, -0.25) is 9.53 Å². The molecule has 1 amide bonds. The van der Waals surface area contributed by atoms with Crippen molar-refractivity contribution in [3.05, 3.63) is 71.8 Å². The standard InChI is InChI=1S/C37H46F3N5O6/c1-43(35(46)27-22-32(48-3)34(50-5)33(23-27)49-4)24-26(25-10-12-29(47-2)13-11-25)14-17-44-18-15-28(16-19-44)41-36-42-30-8-6-7-9-31(30)45(36)20-21-51-37(38,39)40/h6-13,22-23,26,28H,14-21,24H2,1-5H3,(H,41,42). The van der Waals surface area contributed by atoms with Gasteiger partial charge in [0.25, 0.3) is 5.91 Å². The van der Waals surface area contributed by atoms with Crippen LogP contribution in [0.5, 0.6) is 23.0 Å². The third-order valence-electron chi connectivity index (χ3n) is 9.29. The van der Waals surface area contributed by atoms with Crippen molar-refractivity contribution < 1.29 is 41.7 Å². The number of piperidine rings is 1. The van der Waals surface area contributed by atoms with Crippen molar-refractivity contribution in [2.75, 3.05) is 73.6 Å². The first-order valence-electron chi connectivity index (χ1n) is 16.9. The lowest BCUT2D eigenvalue weighted by atomic mass is 9.93. The molecule has 0 bridgehead atoms. The number of anilines is 1. The maximum Gasteiger partial charge on any atom is 0.522 e. The van der Waals surface area contributed by atoms with Gasteiger partial charge >= 0.3 is 6.36 Å². The number of likely N-dealkylation sites (tertiary alicyclic amines) is 1. The molecule has 1 aliphatic heterocycles.